The number of carbonyl (C=O) groups excluding carboxylic acids is 1. The maximum absolute atomic E-state index is 13.7. The van der Waals surface area contributed by atoms with Crippen molar-refractivity contribution < 1.29 is 22.9 Å². The lowest BCUT2D eigenvalue weighted by Crippen LogP contribution is -2.39. The summed E-state index contributed by atoms with van der Waals surface area (Å²) in [7, 11) is -2.92. The highest BCUT2D eigenvalue weighted by atomic mass is 32.2. The lowest BCUT2D eigenvalue weighted by Gasteiger charge is -2.24. The number of nitro benzene ring substituents is 1. The van der Waals surface area contributed by atoms with Crippen molar-refractivity contribution in [2.75, 3.05) is 18.0 Å². The predicted octanol–water partition coefficient (Wildman–Crippen LogP) is 5.28. The van der Waals surface area contributed by atoms with Gasteiger partial charge in [-0.05, 0) is 94.3 Å². The van der Waals surface area contributed by atoms with Gasteiger partial charge in [-0.15, -0.1) is 0 Å². The maximum atomic E-state index is 13.7. The van der Waals surface area contributed by atoms with Gasteiger partial charge in [-0.2, -0.15) is 5.10 Å². The smallest absolute Gasteiger partial charge is 0.273 e. The third-order valence-electron chi connectivity index (χ3n) is 7.22. The van der Waals surface area contributed by atoms with E-state index in [1.807, 2.05) is 26.0 Å². The number of ether oxygens (including phenoxy) is 1. The summed E-state index contributed by atoms with van der Waals surface area (Å²) >= 11 is 0. The van der Waals surface area contributed by atoms with E-state index in [1.54, 1.807) is 12.1 Å². The largest absolute Gasteiger partial charge is 0.497 e. The van der Waals surface area contributed by atoms with Crippen LogP contribution in [0.4, 0.5) is 11.4 Å². The number of nitrogens with one attached hydrogen (secondary N) is 1. The molecule has 0 atom stereocenters. The second-order valence-electron chi connectivity index (χ2n) is 10.1. The fourth-order valence-corrected chi connectivity index (χ4v) is 6.10. The number of anilines is 1. The predicted molar refractivity (Wildman–Crippen MR) is 166 cm³/mol. The molecule has 11 nitrogen and oxygen atoms in total. The van der Waals surface area contributed by atoms with Crippen LogP contribution in [0.5, 0.6) is 5.75 Å². The molecule has 0 bridgehead atoms. The lowest BCUT2D eigenvalue weighted by atomic mass is 10.1. The minimum atomic E-state index is -4.39. The van der Waals surface area contributed by atoms with Crippen molar-refractivity contribution in [2.45, 2.75) is 39.5 Å². The van der Waals surface area contributed by atoms with Crippen molar-refractivity contribution in [1.82, 2.24) is 9.99 Å². The van der Waals surface area contributed by atoms with Gasteiger partial charge in [0.05, 0.1) is 28.8 Å². The summed E-state index contributed by atoms with van der Waals surface area (Å²) in [6.07, 6.45) is 1.51. The summed E-state index contributed by atoms with van der Waals surface area (Å²) in [5, 5.41) is 15.6. The standard InChI is InChI=1S/C31H33N5O6S/c1-20-7-9-27(15-22(20)3)35-23(4)16-25(24(35)5)18-32-33-31(37)19-34(26-10-12-28(42-6)13-11-26)43(40,41)29-14-8-21(2)30(17-29)36(38)39/h7-18H,19H2,1-6H3,(H,33,37)/b32-18-. The van der Waals surface area contributed by atoms with Gasteiger partial charge in [-0.3, -0.25) is 19.2 Å². The van der Waals surface area contributed by atoms with Crippen molar-refractivity contribution in [3.8, 4) is 11.4 Å². The van der Waals surface area contributed by atoms with Crippen LogP contribution < -0.4 is 14.5 Å². The Kier molecular flexibility index (Phi) is 9.00. The van der Waals surface area contributed by atoms with Crippen LogP contribution in [0.15, 0.2) is 76.7 Å². The molecule has 0 saturated heterocycles. The van der Waals surface area contributed by atoms with Crippen LogP contribution in [0.3, 0.4) is 0 Å². The first-order chi connectivity index (χ1) is 20.3. The van der Waals surface area contributed by atoms with Crippen LogP contribution >= 0.6 is 0 Å². The SMILES string of the molecule is COc1ccc(N(CC(=O)N/N=C\c2cc(C)n(-c3ccc(C)c(C)c3)c2C)S(=O)(=O)c2ccc(C)c([N+](=O)[O-])c2)cc1. The quantitative estimate of drug-likeness (QED) is 0.149. The summed E-state index contributed by atoms with van der Waals surface area (Å²) in [4.78, 5) is 23.5. The van der Waals surface area contributed by atoms with E-state index in [1.165, 1.54) is 55.6 Å². The summed E-state index contributed by atoms with van der Waals surface area (Å²) in [5.41, 5.74) is 8.60. The van der Waals surface area contributed by atoms with Gasteiger partial charge in [0.25, 0.3) is 21.6 Å². The minimum absolute atomic E-state index is 0.167. The van der Waals surface area contributed by atoms with Gasteiger partial charge < -0.3 is 9.30 Å². The molecule has 3 aromatic carbocycles. The number of carbonyl (C=O) groups is 1. The Balaban J connectivity index is 1.60. The molecular weight excluding hydrogens is 570 g/mol. The van der Waals surface area contributed by atoms with Crippen molar-refractivity contribution in [2.24, 2.45) is 5.10 Å². The molecule has 0 saturated carbocycles. The topological polar surface area (TPSA) is 136 Å². The second-order valence-corrected chi connectivity index (χ2v) is 12.0. The average molecular weight is 604 g/mol. The molecule has 1 heterocycles. The van der Waals surface area contributed by atoms with Gasteiger partial charge in [-0.1, -0.05) is 12.1 Å². The van der Waals surface area contributed by atoms with Crippen LogP contribution in [0, 0.1) is 44.7 Å². The molecular formula is C31H33N5O6S. The Bertz CT molecular complexity index is 1830. The summed E-state index contributed by atoms with van der Waals surface area (Å²) in [5.74, 6) is -0.222. The number of benzene rings is 3. The van der Waals surface area contributed by atoms with Crippen molar-refractivity contribution >= 4 is 33.5 Å². The Labute approximate surface area is 250 Å². The number of hydrogen-bond donors (Lipinski definition) is 1. The summed E-state index contributed by atoms with van der Waals surface area (Å²) in [6.45, 7) is 8.92. The zero-order valence-corrected chi connectivity index (χ0v) is 25.6. The average Bonchev–Trinajstić information content (AvgIpc) is 3.25. The van der Waals surface area contributed by atoms with Crippen molar-refractivity contribution in [1.29, 1.82) is 0 Å². The van der Waals surface area contributed by atoms with Crippen LogP contribution in [0.1, 0.15) is 33.6 Å². The number of aryl methyl sites for hydroxylation is 4. The molecule has 0 aliphatic rings. The highest BCUT2D eigenvalue weighted by molar-refractivity contribution is 7.92. The molecule has 0 fully saturated rings. The van der Waals surface area contributed by atoms with Gasteiger partial charge in [0.2, 0.25) is 0 Å². The molecule has 1 amide bonds. The van der Waals surface area contributed by atoms with E-state index in [4.69, 9.17) is 4.74 Å². The first kappa shape index (κ1) is 31.0. The Hall–Kier alpha value is -4.97. The third-order valence-corrected chi connectivity index (χ3v) is 8.99. The van der Waals surface area contributed by atoms with Crippen LogP contribution in [-0.2, 0) is 14.8 Å². The molecule has 0 spiro atoms. The number of rotatable bonds is 10. The number of amides is 1. The first-order valence-electron chi connectivity index (χ1n) is 13.3. The number of sulfonamides is 1. The number of nitro groups is 1. The summed E-state index contributed by atoms with van der Waals surface area (Å²) in [6, 6.07) is 17.8. The highest BCUT2D eigenvalue weighted by Crippen LogP contribution is 2.29. The fraction of sp³-hybridized carbons (Fsp3) is 0.226. The zero-order chi connectivity index (χ0) is 31.5. The van der Waals surface area contributed by atoms with E-state index < -0.39 is 27.4 Å². The molecule has 0 radical (unpaired) electrons. The Morgan fingerprint density at radius 3 is 2.28 bits per heavy atom. The molecule has 43 heavy (non-hydrogen) atoms. The fourth-order valence-electron chi connectivity index (χ4n) is 4.66. The lowest BCUT2D eigenvalue weighted by molar-refractivity contribution is -0.385. The molecule has 0 aliphatic heterocycles. The molecule has 12 heteroatoms. The maximum Gasteiger partial charge on any atom is 0.273 e. The van der Waals surface area contributed by atoms with Gasteiger partial charge in [0, 0.05) is 34.3 Å². The molecule has 4 aromatic rings. The number of hydrogen-bond acceptors (Lipinski definition) is 7. The number of methoxy groups -OCH3 is 1. The highest BCUT2D eigenvalue weighted by Gasteiger charge is 2.29. The first-order valence-corrected chi connectivity index (χ1v) is 14.8. The molecule has 1 aromatic heterocycles. The van der Waals surface area contributed by atoms with E-state index >= 15 is 0 Å². The van der Waals surface area contributed by atoms with E-state index in [9.17, 15) is 23.3 Å². The van der Waals surface area contributed by atoms with Gasteiger partial charge in [0.1, 0.15) is 12.3 Å². The Morgan fingerprint density at radius 2 is 1.65 bits per heavy atom. The molecule has 0 unspecified atom stereocenters. The number of hydrazone groups is 1. The third kappa shape index (κ3) is 6.59. The van der Waals surface area contributed by atoms with Gasteiger partial charge in [-0.25, -0.2) is 13.8 Å². The van der Waals surface area contributed by atoms with Gasteiger partial charge in [0.15, 0.2) is 0 Å². The monoisotopic (exact) mass is 603 g/mol. The summed E-state index contributed by atoms with van der Waals surface area (Å²) < 4.78 is 35.6. The number of nitrogens with zero attached hydrogens (tertiary/aromatic N) is 4. The minimum Gasteiger partial charge on any atom is -0.497 e. The van der Waals surface area contributed by atoms with Gasteiger partial charge >= 0.3 is 0 Å². The normalized spacial score (nSPS) is 11.5. The number of aromatic nitrogens is 1. The van der Waals surface area contributed by atoms with Crippen molar-refractivity contribution in [3.63, 3.8) is 0 Å². The molecule has 224 valence electrons. The van der Waals surface area contributed by atoms with Crippen LogP contribution in [-0.4, -0.2) is 43.7 Å². The zero-order valence-electron chi connectivity index (χ0n) is 24.8. The molecule has 4 rings (SSSR count). The van der Waals surface area contributed by atoms with E-state index in [0.29, 0.717) is 11.3 Å². The second kappa shape index (κ2) is 12.5. The van der Waals surface area contributed by atoms with E-state index in [0.717, 1.165) is 33.0 Å². The Morgan fingerprint density at radius 1 is 0.977 bits per heavy atom. The van der Waals surface area contributed by atoms with Crippen molar-refractivity contribution in [3.05, 3.63) is 110 Å². The molecule has 0 aliphatic carbocycles. The molecule has 1 N–H and O–H groups in total. The van der Waals surface area contributed by atoms with E-state index in [2.05, 4.69) is 41.1 Å². The van der Waals surface area contributed by atoms with Crippen LogP contribution in [0.25, 0.3) is 5.69 Å². The van der Waals surface area contributed by atoms with E-state index in [-0.39, 0.29) is 16.3 Å². The van der Waals surface area contributed by atoms with Crippen LogP contribution in [0.2, 0.25) is 0 Å².